The van der Waals surface area contributed by atoms with Crippen LogP contribution in [0, 0.1) is 28.6 Å². The molecule has 0 radical (unpaired) electrons. The van der Waals surface area contributed by atoms with E-state index in [-0.39, 0.29) is 16.9 Å². The van der Waals surface area contributed by atoms with Gasteiger partial charge in [-0.2, -0.15) is 0 Å². The van der Waals surface area contributed by atoms with Crippen molar-refractivity contribution < 1.29 is 14.6 Å². The fourth-order valence-electron chi connectivity index (χ4n) is 9.44. The minimum absolute atomic E-state index is 0.00825. The van der Waals surface area contributed by atoms with Crippen molar-refractivity contribution in [2.75, 3.05) is 13.2 Å². The van der Waals surface area contributed by atoms with Crippen LogP contribution in [0.3, 0.4) is 0 Å². The van der Waals surface area contributed by atoms with Gasteiger partial charge in [-0.05, 0) is 78.4 Å². The fraction of sp³-hybridized carbons (Fsp3) is 0.590. The second-order valence-corrected chi connectivity index (χ2v) is 15.6. The molecular formula is C39H52N2O3. The van der Waals surface area contributed by atoms with Crippen molar-refractivity contribution in [1.82, 2.24) is 10.6 Å². The van der Waals surface area contributed by atoms with Crippen LogP contribution in [0.4, 0.5) is 0 Å². The average molecular weight is 597 g/mol. The summed E-state index contributed by atoms with van der Waals surface area (Å²) in [6.07, 6.45) is 8.47. The first kappa shape index (κ1) is 30.1. The molecule has 0 amide bonds. The van der Waals surface area contributed by atoms with E-state index in [9.17, 15) is 5.11 Å². The van der Waals surface area contributed by atoms with Crippen LogP contribution in [0.25, 0.3) is 0 Å². The highest BCUT2D eigenvalue weighted by Crippen LogP contribution is 2.65. The molecule has 4 aliphatic carbocycles. The number of rotatable bonds is 7. The standard InChI is InChI=1S/C39H52N2O3/c1-26(40-22-27-8-6-5-7-9-27)41-23-28-10-12-29(13-11-28)33-21-38(4)34(16-17-35(38)42)32-15-14-30-20-39(19-18-31(30)36(32)33)43-24-37(2,3)25-44-39/h5-13,30,32-35,40-42H,1,14-25H2,2-4H3. The van der Waals surface area contributed by atoms with Crippen molar-refractivity contribution in [1.29, 1.82) is 0 Å². The van der Waals surface area contributed by atoms with Crippen LogP contribution in [-0.4, -0.2) is 30.2 Å². The summed E-state index contributed by atoms with van der Waals surface area (Å²) in [6, 6.07) is 19.7. The Bertz CT molecular complexity index is 1370. The molecule has 3 N–H and O–H groups in total. The monoisotopic (exact) mass is 596 g/mol. The zero-order chi connectivity index (χ0) is 30.5. The Kier molecular flexibility index (Phi) is 7.96. The van der Waals surface area contributed by atoms with Gasteiger partial charge >= 0.3 is 0 Å². The van der Waals surface area contributed by atoms with Crippen LogP contribution in [0.2, 0.25) is 0 Å². The molecule has 236 valence electrons. The third kappa shape index (κ3) is 5.65. The number of fused-ring (bicyclic) bond motifs is 4. The molecule has 2 aromatic carbocycles. The zero-order valence-corrected chi connectivity index (χ0v) is 27.0. The summed E-state index contributed by atoms with van der Waals surface area (Å²) in [5.41, 5.74) is 7.43. The lowest BCUT2D eigenvalue weighted by molar-refractivity contribution is -0.312. The van der Waals surface area contributed by atoms with Gasteiger partial charge in [-0.1, -0.05) is 93.1 Å². The minimum atomic E-state index is -0.395. The van der Waals surface area contributed by atoms with Crippen LogP contribution in [0.5, 0.6) is 0 Å². The number of nitrogens with one attached hydrogen (secondary N) is 2. The highest BCUT2D eigenvalue weighted by molar-refractivity contribution is 5.41. The van der Waals surface area contributed by atoms with Gasteiger partial charge < -0.3 is 25.2 Å². The first-order valence-electron chi connectivity index (χ1n) is 17.1. The van der Waals surface area contributed by atoms with Crippen molar-refractivity contribution >= 4 is 0 Å². The molecule has 6 unspecified atom stereocenters. The highest BCUT2D eigenvalue weighted by Gasteiger charge is 2.57. The number of allylic oxidation sites excluding steroid dienone is 2. The van der Waals surface area contributed by atoms with E-state index in [1.54, 1.807) is 11.1 Å². The molecule has 4 fully saturated rings. The molecule has 1 heterocycles. The van der Waals surface area contributed by atoms with Gasteiger partial charge in [-0.25, -0.2) is 0 Å². The molecule has 0 aromatic heterocycles. The summed E-state index contributed by atoms with van der Waals surface area (Å²) in [5.74, 6) is 2.54. The molecule has 44 heavy (non-hydrogen) atoms. The first-order valence-corrected chi connectivity index (χ1v) is 17.1. The van der Waals surface area contributed by atoms with E-state index in [0.29, 0.717) is 23.7 Å². The number of hydrogen-bond acceptors (Lipinski definition) is 5. The first-order chi connectivity index (χ1) is 21.1. The van der Waals surface area contributed by atoms with Crippen LogP contribution >= 0.6 is 0 Å². The van der Waals surface area contributed by atoms with Crippen molar-refractivity contribution in [2.24, 2.45) is 28.6 Å². The maximum Gasteiger partial charge on any atom is 0.169 e. The lowest BCUT2D eigenvalue weighted by Gasteiger charge is -2.55. The zero-order valence-electron chi connectivity index (χ0n) is 27.0. The third-order valence-electron chi connectivity index (χ3n) is 12.0. The van der Waals surface area contributed by atoms with Gasteiger partial charge in [0.25, 0.3) is 0 Å². The Morgan fingerprint density at radius 3 is 2.25 bits per heavy atom. The predicted octanol–water partition coefficient (Wildman–Crippen LogP) is 7.58. The molecule has 0 bridgehead atoms. The number of aliphatic hydroxyl groups excluding tert-OH is 1. The fourth-order valence-corrected chi connectivity index (χ4v) is 9.44. The lowest BCUT2D eigenvalue weighted by Crippen LogP contribution is -2.52. The third-order valence-corrected chi connectivity index (χ3v) is 12.0. The summed E-state index contributed by atoms with van der Waals surface area (Å²) >= 11 is 0. The molecule has 5 aliphatic rings. The Labute approximate surface area is 264 Å². The summed E-state index contributed by atoms with van der Waals surface area (Å²) < 4.78 is 13.0. The molecule has 2 aromatic rings. The largest absolute Gasteiger partial charge is 0.393 e. The van der Waals surface area contributed by atoms with Gasteiger partial charge in [0.05, 0.1) is 25.1 Å². The Balaban J connectivity index is 1.10. The van der Waals surface area contributed by atoms with E-state index >= 15 is 0 Å². The van der Waals surface area contributed by atoms with E-state index in [1.165, 1.54) is 29.5 Å². The molecule has 3 saturated carbocycles. The van der Waals surface area contributed by atoms with Gasteiger partial charge in [0.15, 0.2) is 5.79 Å². The van der Waals surface area contributed by atoms with E-state index in [4.69, 9.17) is 9.47 Å². The quantitative estimate of drug-likeness (QED) is 0.288. The maximum absolute atomic E-state index is 11.3. The van der Waals surface area contributed by atoms with Gasteiger partial charge in [-0.3, -0.25) is 0 Å². The van der Waals surface area contributed by atoms with Crippen LogP contribution in [0.15, 0.2) is 78.1 Å². The van der Waals surface area contributed by atoms with E-state index in [2.05, 4.69) is 86.5 Å². The summed E-state index contributed by atoms with van der Waals surface area (Å²) in [5, 5.41) is 18.1. The summed E-state index contributed by atoms with van der Waals surface area (Å²) in [7, 11) is 0. The van der Waals surface area contributed by atoms with E-state index in [0.717, 1.165) is 70.6 Å². The van der Waals surface area contributed by atoms with Crippen LogP contribution < -0.4 is 10.6 Å². The van der Waals surface area contributed by atoms with Gasteiger partial charge in [0.2, 0.25) is 0 Å². The van der Waals surface area contributed by atoms with Crippen molar-refractivity contribution in [3.8, 4) is 0 Å². The topological polar surface area (TPSA) is 62.8 Å². The number of hydrogen-bond donors (Lipinski definition) is 3. The molecule has 6 atom stereocenters. The Hall–Kier alpha value is -2.60. The van der Waals surface area contributed by atoms with Gasteiger partial charge in [0.1, 0.15) is 0 Å². The lowest BCUT2D eigenvalue weighted by atomic mass is 9.52. The average Bonchev–Trinajstić information content (AvgIpc) is 3.34. The molecule has 5 heteroatoms. The van der Waals surface area contributed by atoms with Crippen molar-refractivity contribution in [2.45, 2.75) is 103 Å². The van der Waals surface area contributed by atoms with Crippen LogP contribution in [0.1, 0.15) is 94.7 Å². The van der Waals surface area contributed by atoms with Gasteiger partial charge in [-0.15, -0.1) is 0 Å². The Morgan fingerprint density at radius 2 is 1.55 bits per heavy atom. The second kappa shape index (κ2) is 11.6. The molecule has 1 spiro atoms. The van der Waals surface area contributed by atoms with E-state index < -0.39 is 5.79 Å². The predicted molar refractivity (Wildman–Crippen MR) is 175 cm³/mol. The van der Waals surface area contributed by atoms with E-state index in [1.807, 2.05) is 6.07 Å². The summed E-state index contributed by atoms with van der Waals surface area (Å²) in [6.45, 7) is 14.1. The second-order valence-electron chi connectivity index (χ2n) is 15.6. The van der Waals surface area contributed by atoms with Crippen LogP contribution in [-0.2, 0) is 22.6 Å². The van der Waals surface area contributed by atoms with Crippen molar-refractivity contribution in [3.05, 3.63) is 94.8 Å². The number of ether oxygens (including phenoxy) is 2. The molecule has 5 nitrogen and oxygen atoms in total. The number of benzene rings is 2. The molecule has 7 rings (SSSR count). The van der Waals surface area contributed by atoms with Gasteiger partial charge in [0, 0.05) is 37.3 Å². The molecular weight excluding hydrogens is 544 g/mol. The highest BCUT2D eigenvalue weighted by atomic mass is 16.7. The molecule has 1 saturated heterocycles. The number of aliphatic hydroxyl groups is 1. The summed E-state index contributed by atoms with van der Waals surface area (Å²) in [4.78, 5) is 0. The normalized spacial score (nSPS) is 33.7. The molecule has 1 aliphatic heterocycles. The Morgan fingerprint density at radius 1 is 0.864 bits per heavy atom. The maximum atomic E-state index is 11.3. The smallest absolute Gasteiger partial charge is 0.169 e. The van der Waals surface area contributed by atoms with Crippen molar-refractivity contribution in [3.63, 3.8) is 0 Å². The SMILES string of the molecule is C=C(NCc1ccccc1)NCc1ccc(C2CC3(C)C(O)CCC3C3CCC4CC5(CCC4=C23)OCC(C)(C)CO5)cc1. The minimum Gasteiger partial charge on any atom is -0.393 e.